The van der Waals surface area contributed by atoms with Crippen molar-refractivity contribution < 1.29 is 31.1 Å². The van der Waals surface area contributed by atoms with Crippen molar-refractivity contribution in [1.82, 2.24) is 0 Å². The first-order valence-electron chi connectivity index (χ1n) is 10.5. The number of carbonyl (C=O) groups excluding carboxylic acids is 1. The third-order valence-electron chi connectivity index (χ3n) is 5.22. The molecule has 0 spiro atoms. The monoisotopic (exact) mass is 551 g/mol. The van der Waals surface area contributed by atoms with Crippen LogP contribution in [0.4, 0.5) is 17.1 Å². The summed E-state index contributed by atoms with van der Waals surface area (Å²) in [6.45, 7) is 1.27. The van der Waals surface area contributed by atoms with E-state index in [2.05, 4.69) is 10.0 Å². The standard InChI is InChI=1S/C23H22ClN3O7S2/c1-15-3-4-16(24)11-20(15)26-36(31,32)19-8-5-17(6-9-19)25-23(28)13-27(35(2,29)30)18-7-10-21-22(12-18)34-14-33-21/h3-12,26H,13-14H2,1-2H3,(H,25,28). The first-order chi connectivity index (χ1) is 16.9. The number of halogens is 1. The van der Waals surface area contributed by atoms with Crippen LogP contribution in [0.5, 0.6) is 11.5 Å². The molecule has 3 aromatic carbocycles. The van der Waals surface area contributed by atoms with Gasteiger partial charge in [0, 0.05) is 16.8 Å². The number of ether oxygens (including phenoxy) is 2. The van der Waals surface area contributed by atoms with Gasteiger partial charge in [-0.25, -0.2) is 16.8 Å². The third-order valence-corrected chi connectivity index (χ3v) is 7.98. The minimum Gasteiger partial charge on any atom is -0.454 e. The van der Waals surface area contributed by atoms with E-state index in [1.54, 1.807) is 25.1 Å². The molecule has 0 aromatic heterocycles. The summed E-state index contributed by atoms with van der Waals surface area (Å²) in [4.78, 5) is 12.6. The number of nitrogens with one attached hydrogen (secondary N) is 2. The molecule has 0 saturated heterocycles. The van der Waals surface area contributed by atoms with Crippen LogP contribution < -0.4 is 23.8 Å². The van der Waals surface area contributed by atoms with E-state index in [1.165, 1.54) is 42.5 Å². The molecule has 190 valence electrons. The lowest BCUT2D eigenvalue weighted by Crippen LogP contribution is -2.37. The van der Waals surface area contributed by atoms with Crippen molar-refractivity contribution in [3.05, 3.63) is 71.2 Å². The number of hydrogen-bond acceptors (Lipinski definition) is 7. The Bertz CT molecular complexity index is 1530. The fraction of sp³-hybridized carbons (Fsp3) is 0.174. The van der Waals surface area contributed by atoms with E-state index < -0.39 is 32.5 Å². The lowest BCUT2D eigenvalue weighted by Gasteiger charge is -2.22. The number of nitrogens with zero attached hydrogens (tertiary/aromatic N) is 1. The van der Waals surface area contributed by atoms with E-state index >= 15 is 0 Å². The molecule has 1 aliphatic rings. The van der Waals surface area contributed by atoms with Crippen molar-refractivity contribution in [3.8, 4) is 11.5 Å². The molecule has 0 aliphatic carbocycles. The summed E-state index contributed by atoms with van der Waals surface area (Å²) >= 11 is 5.96. The van der Waals surface area contributed by atoms with Crippen molar-refractivity contribution in [2.45, 2.75) is 11.8 Å². The zero-order valence-electron chi connectivity index (χ0n) is 19.2. The molecule has 4 rings (SSSR count). The highest BCUT2D eigenvalue weighted by Crippen LogP contribution is 2.36. The lowest BCUT2D eigenvalue weighted by molar-refractivity contribution is -0.114. The van der Waals surface area contributed by atoms with Gasteiger partial charge in [0.05, 0.1) is 22.5 Å². The van der Waals surface area contributed by atoms with E-state index in [1.807, 2.05) is 0 Å². The summed E-state index contributed by atoms with van der Waals surface area (Å²) in [5.41, 5.74) is 1.58. The van der Waals surface area contributed by atoms with Gasteiger partial charge in [0.2, 0.25) is 22.7 Å². The van der Waals surface area contributed by atoms with Gasteiger partial charge in [0.1, 0.15) is 6.54 Å². The molecule has 1 amide bonds. The van der Waals surface area contributed by atoms with Crippen LogP contribution >= 0.6 is 11.6 Å². The number of sulfonamides is 2. The quantitative estimate of drug-likeness (QED) is 0.437. The molecule has 0 atom stereocenters. The Hall–Kier alpha value is -3.48. The summed E-state index contributed by atoms with van der Waals surface area (Å²) in [6, 6.07) is 14.9. The maximum Gasteiger partial charge on any atom is 0.261 e. The van der Waals surface area contributed by atoms with Crippen LogP contribution in [-0.4, -0.2) is 42.3 Å². The van der Waals surface area contributed by atoms with E-state index in [0.29, 0.717) is 27.8 Å². The number of benzene rings is 3. The number of aryl methyl sites for hydroxylation is 1. The highest BCUT2D eigenvalue weighted by atomic mass is 35.5. The van der Waals surface area contributed by atoms with Crippen LogP contribution in [-0.2, 0) is 24.8 Å². The van der Waals surface area contributed by atoms with Crippen LogP contribution in [0.25, 0.3) is 0 Å². The number of fused-ring (bicyclic) bond motifs is 1. The van der Waals surface area contributed by atoms with Crippen molar-refractivity contribution in [2.75, 3.05) is 33.9 Å². The molecule has 3 aromatic rings. The van der Waals surface area contributed by atoms with Gasteiger partial charge in [-0.3, -0.25) is 13.8 Å². The minimum atomic E-state index is -3.91. The molecule has 13 heteroatoms. The third kappa shape index (κ3) is 5.83. The average Bonchev–Trinajstić information content (AvgIpc) is 3.27. The van der Waals surface area contributed by atoms with Gasteiger partial charge in [-0.15, -0.1) is 0 Å². The second-order valence-electron chi connectivity index (χ2n) is 7.94. The molecule has 2 N–H and O–H groups in total. The average molecular weight is 552 g/mol. The van der Waals surface area contributed by atoms with Crippen LogP contribution in [0, 0.1) is 6.92 Å². The smallest absolute Gasteiger partial charge is 0.261 e. The van der Waals surface area contributed by atoms with Gasteiger partial charge >= 0.3 is 0 Å². The lowest BCUT2D eigenvalue weighted by atomic mass is 10.2. The molecule has 1 aliphatic heterocycles. The molecule has 0 radical (unpaired) electrons. The van der Waals surface area contributed by atoms with Gasteiger partial charge in [-0.2, -0.15) is 0 Å². The van der Waals surface area contributed by atoms with Gasteiger partial charge in [0.25, 0.3) is 10.0 Å². The van der Waals surface area contributed by atoms with E-state index in [-0.39, 0.29) is 23.1 Å². The predicted molar refractivity (Wildman–Crippen MR) is 137 cm³/mol. The predicted octanol–water partition coefficient (Wildman–Crippen LogP) is 3.58. The Morgan fingerprint density at radius 2 is 1.67 bits per heavy atom. The fourth-order valence-electron chi connectivity index (χ4n) is 3.40. The molecule has 0 unspecified atom stereocenters. The SMILES string of the molecule is Cc1ccc(Cl)cc1NS(=O)(=O)c1ccc(NC(=O)CN(c2ccc3c(c2)OCO3)S(C)(=O)=O)cc1. The van der Waals surface area contributed by atoms with Crippen LogP contribution in [0.3, 0.4) is 0 Å². The number of amides is 1. The highest BCUT2D eigenvalue weighted by Gasteiger charge is 2.24. The Labute approximate surface area is 213 Å². The second-order valence-corrected chi connectivity index (χ2v) is 12.0. The molecular formula is C23H22ClN3O7S2. The Morgan fingerprint density at radius 3 is 2.36 bits per heavy atom. The zero-order valence-corrected chi connectivity index (χ0v) is 21.6. The van der Waals surface area contributed by atoms with Gasteiger partial charge in [0.15, 0.2) is 11.5 Å². The van der Waals surface area contributed by atoms with Crippen molar-refractivity contribution in [3.63, 3.8) is 0 Å². The topological polar surface area (TPSA) is 131 Å². The Morgan fingerprint density at radius 1 is 0.972 bits per heavy atom. The highest BCUT2D eigenvalue weighted by molar-refractivity contribution is 7.92. The summed E-state index contributed by atoms with van der Waals surface area (Å²) in [5.74, 6) is 0.230. The summed E-state index contributed by atoms with van der Waals surface area (Å²) in [5, 5.41) is 2.97. The van der Waals surface area contributed by atoms with Gasteiger partial charge in [-0.05, 0) is 61.0 Å². The van der Waals surface area contributed by atoms with Crippen LogP contribution in [0.15, 0.2) is 65.6 Å². The van der Waals surface area contributed by atoms with Gasteiger partial charge < -0.3 is 14.8 Å². The normalized spacial score (nSPS) is 12.8. The van der Waals surface area contributed by atoms with Crippen molar-refractivity contribution in [2.24, 2.45) is 0 Å². The van der Waals surface area contributed by atoms with E-state index in [9.17, 15) is 21.6 Å². The summed E-state index contributed by atoms with van der Waals surface area (Å²) in [7, 11) is -7.71. The van der Waals surface area contributed by atoms with E-state index in [4.69, 9.17) is 21.1 Å². The van der Waals surface area contributed by atoms with Crippen molar-refractivity contribution in [1.29, 1.82) is 0 Å². The summed E-state index contributed by atoms with van der Waals surface area (Å²) < 4.78 is 64.2. The Kier molecular flexibility index (Phi) is 7.03. The first-order valence-corrected chi connectivity index (χ1v) is 14.2. The molecule has 1 heterocycles. The van der Waals surface area contributed by atoms with Crippen molar-refractivity contribution >= 4 is 54.6 Å². The van der Waals surface area contributed by atoms with Gasteiger partial charge in [-0.1, -0.05) is 17.7 Å². The molecule has 0 bridgehead atoms. The number of rotatable bonds is 8. The number of anilines is 3. The first kappa shape index (κ1) is 25.6. The molecule has 0 saturated carbocycles. The minimum absolute atomic E-state index is 0.0259. The number of carbonyl (C=O) groups is 1. The maximum atomic E-state index is 12.8. The van der Waals surface area contributed by atoms with Crippen LogP contribution in [0.1, 0.15) is 5.56 Å². The fourth-order valence-corrected chi connectivity index (χ4v) is 5.54. The largest absolute Gasteiger partial charge is 0.454 e. The van der Waals surface area contributed by atoms with E-state index in [0.717, 1.165) is 10.6 Å². The zero-order chi connectivity index (χ0) is 26.1. The summed E-state index contributed by atoms with van der Waals surface area (Å²) in [6.07, 6.45) is 0.985. The molecule has 36 heavy (non-hydrogen) atoms. The maximum absolute atomic E-state index is 12.8. The van der Waals surface area contributed by atoms with Crippen LogP contribution in [0.2, 0.25) is 5.02 Å². The Balaban J connectivity index is 1.46. The molecular weight excluding hydrogens is 530 g/mol. The number of hydrogen-bond donors (Lipinski definition) is 2. The molecule has 0 fully saturated rings. The second kappa shape index (κ2) is 9.88. The molecule has 10 nitrogen and oxygen atoms in total.